The number of carbonyl (C=O) groups is 1. The van der Waals surface area contributed by atoms with Crippen molar-refractivity contribution in [3.05, 3.63) is 23.9 Å². The van der Waals surface area contributed by atoms with E-state index in [-0.39, 0.29) is 6.10 Å². The minimum absolute atomic E-state index is 0.265. The van der Waals surface area contributed by atoms with Crippen LogP contribution in [0.3, 0.4) is 0 Å². The SMILES string of the molecule is CCC(=O)CCc1ccnc(OC2CC(NC(C)C)C2)c1. The zero-order chi connectivity index (χ0) is 15.2. The van der Waals surface area contributed by atoms with E-state index in [9.17, 15) is 4.79 Å². The Kier molecular flexibility index (Phi) is 5.74. The molecule has 1 saturated carbocycles. The highest BCUT2D eigenvalue weighted by Crippen LogP contribution is 2.25. The predicted octanol–water partition coefficient (Wildman–Crippen LogP) is 2.90. The topological polar surface area (TPSA) is 51.2 Å². The van der Waals surface area contributed by atoms with Crippen molar-refractivity contribution in [2.45, 2.75) is 71.1 Å². The van der Waals surface area contributed by atoms with Gasteiger partial charge in [-0.15, -0.1) is 0 Å². The van der Waals surface area contributed by atoms with Crippen molar-refractivity contribution in [3.8, 4) is 5.88 Å². The molecule has 1 aliphatic rings. The summed E-state index contributed by atoms with van der Waals surface area (Å²) in [5.74, 6) is 0.986. The molecule has 0 atom stereocenters. The van der Waals surface area contributed by atoms with Gasteiger partial charge in [0.15, 0.2) is 0 Å². The fourth-order valence-electron chi connectivity index (χ4n) is 2.57. The lowest BCUT2D eigenvalue weighted by Gasteiger charge is -2.36. The van der Waals surface area contributed by atoms with Crippen LogP contribution in [0.5, 0.6) is 5.88 Å². The first-order valence-electron chi connectivity index (χ1n) is 7.96. The normalized spacial score (nSPS) is 21.1. The number of hydrogen-bond acceptors (Lipinski definition) is 4. The largest absolute Gasteiger partial charge is 0.474 e. The molecule has 1 aromatic rings. The highest BCUT2D eigenvalue weighted by molar-refractivity contribution is 5.78. The monoisotopic (exact) mass is 290 g/mol. The number of aromatic nitrogens is 1. The van der Waals surface area contributed by atoms with Gasteiger partial charge in [-0.3, -0.25) is 4.79 Å². The highest BCUT2D eigenvalue weighted by atomic mass is 16.5. The first-order valence-corrected chi connectivity index (χ1v) is 7.96. The third kappa shape index (κ3) is 5.12. The Labute approximate surface area is 127 Å². The molecule has 0 saturated heterocycles. The Morgan fingerprint density at radius 3 is 2.90 bits per heavy atom. The van der Waals surface area contributed by atoms with Crippen LogP contribution in [0, 0.1) is 0 Å². The maximum atomic E-state index is 11.4. The fraction of sp³-hybridized carbons (Fsp3) is 0.647. The molecule has 0 aromatic carbocycles. The van der Waals surface area contributed by atoms with Gasteiger partial charge in [0, 0.05) is 37.2 Å². The molecule has 1 fully saturated rings. The van der Waals surface area contributed by atoms with Crippen molar-refractivity contribution in [1.29, 1.82) is 0 Å². The lowest BCUT2D eigenvalue weighted by molar-refractivity contribution is -0.118. The molecule has 1 aromatic heterocycles. The van der Waals surface area contributed by atoms with Gasteiger partial charge in [0.1, 0.15) is 11.9 Å². The van der Waals surface area contributed by atoms with Crippen LogP contribution in [-0.4, -0.2) is 29.0 Å². The summed E-state index contributed by atoms with van der Waals surface area (Å²) < 4.78 is 5.90. The molecule has 1 heterocycles. The molecule has 0 unspecified atom stereocenters. The smallest absolute Gasteiger partial charge is 0.213 e. The maximum absolute atomic E-state index is 11.4. The summed E-state index contributed by atoms with van der Waals surface area (Å²) in [6.45, 7) is 6.23. The first-order chi connectivity index (χ1) is 10.1. The summed E-state index contributed by atoms with van der Waals surface area (Å²) in [5, 5.41) is 3.51. The summed E-state index contributed by atoms with van der Waals surface area (Å²) in [5.41, 5.74) is 1.12. The molecule has 0 amide bonds. The molecule has 1 aliphatic carbocycles. The lowest BCUT2D eigenvalue weighted by atomic mass is 9.89. The van der Waals surface area contributed by atoms with Crippen molar-refractivity contribution >= 4 is 5.78 Å². The Bertz CT molecular complexity index is 468. The number of nitrogens with zero attached hydrogens (tertiary/aromatic N) is 1. The van der Waals surface area contributed by atoms with E-state index >= 15 is 0 Å². The molecule has 0 radical (unpaired) electrons. The highest BCUT2D eigenvalue weighted by Gasteiger charge is 2.31. The quantitative estimate of drug-likeness (QED) is 0.800. The van der Waals surface area contributed by atoms with Gasteiger partial charge in [-0.1, -0.05) is 20.8 Å². The van der Waals surface area contributed by atoms with E-state index in [0.29, 0.717) is 36.6 Å². The number of nitrogens with one attached hydrogen (secondary N) is 1. The van der Waals surface area contributed by atoms with E-state index in [1.807, 2.05) is 19.1 Å². The Hall–Kier alpha value is -1.42. The van der Waals surface area contributed by atoms with Gasteiger partial charge in [-0.2, -0.15) is 0 Å². The van der Waals surface area contributed by atoms with Crippen LogP contribution in [-0.2, 0) is 11.2 Å². The van der Waals surface area contributed by atoms with Crippen molar-refractivity contribution in [2.24, 2.45) is 0 Å². The summed E-state index contributed by atoms with van der Waals surface area (Å²) in [7, 11) is 0. The fourth-order valence-corrected chi connectivity index (χ4v) is 2.57. The predicted molar refractivity (Wildman–Crippen MR) is 83.6 cm³/mol. The van der Waals surface area contributed by atoms with Crippen LogP contribution in [0.1, 0.15) is 52.0 Å². The summed E-state index contributed by atoms with van der Waals surface area (Å²) >= 11 is 0. The van der Waals surface area contributed by atoms with Crippen LogP contribution in [0.2, 0.25) is 0 Å². The van der Waals surface area contributed by atoms with Gasteiger partial charge < -0.3 is 10.1 Å². The third-order valence-electron chi connectivity index (χ3n) is 3.84. The number of ketones is 1. The van der Waals surface area contributed by atoms with Gasteiger partial charge in [0.05, 0.1) is 0 Å². The second-order valence-corrected chi connectivity index (χ2v) is 6.12. The van der Waals surface area contributed by atoms with Gasteiger partial charge in [0.25, 0.3) is 0 Å². The Morgan fingerprint density at radius 1 is 1.48 bits per heavy atom. The number of rotatable bonds is 8. The average molecular weight is 290 g/mol. The zero-order valence-corrected chi connectivity index (χ0v) is 13.3. The molecular weight excluding hydrogens is 264 g/mol. The molecule has 0 spiro atoms. The average Bonchev–Trinajstić information content (AvgIpc) is 2.42. The van der Waals surface area contributed by atoms with Crippen molar-refractivity contribution in [3.63, 3.8) is 0 Å². The molecule has 4 heteroatoms. The second kappa shape index (κ2) is 7.55. The molecule has 1 N–H and O–H groups in total. The first kappa shape index (κ1) is 16.0. The molecule has 21 heavy (non-hydrogen) atoms. The number of aryl methyl sites for hydroxylation is 1. The minimum Gasteiger partial charge on any atom is -0.474 e. The molecule has 4 nitrogen and oxygen atoms in total. The van der Waals surface area contributed by atoms with Crippen LogP contribution in [0.25, 0.3) is 0 Å². The van der Waals surface area contributed by atoms with Gasteiger partial charge in [0.2, 0.25) is 5.88 Å². The summed E-state index contributed by atoms with van der Waals surface area (Å²) in [6.07, 6.45) is 6.10. The summed E-state index contributed by atoms with van der Waals surface area (Å²) in [6, 6.07) is 5.01. The Balaban J connectivity index is 1.78. The molecule has 2 rings (SSSR count). The Morgan fingerprint density at radius 2 is 2.24 bits per heavy atom. The number of ether oxygens (including phenoxy) is 1. The van der Waals surface area contributed by atoms with E-state index in [1.165, 1.54) is 0 Å². The number of Topliss-reactive ketones (excluding diaryl/α,β-unsaturated/α-hetero) is 1. The minimum atomic E-state index is 0.265. The van der Waals surface area contributed by atoms with Crippen LogP contribution < -0.4 is 10.1 Å². The number of carbonyl (C=O) groups excluding carboxylic acids is 1. The van der Waals surface area contributed by atoms with Crippen LogP contribution in [0.4, 0.5) is 0 Å². The maximum Gasteiger partial charge on any atom is 0.213 e. The van der Waals surface area contributed by atoms with Crippen LogP contribution >= 0.6 is 0 Å². The zero-order valence-electron chi connectivity index (χ0n) is 13.3. The second-order valence-electron chi connectivity index (χ2n) is 6.12. The third-order valence-corrected chi connectivity index (χ3v) is 3.84. The van der Waals surface area contributed by atoms with E-state index in [0.717, 1.165) is 24.8 Å². The van der Waals surface area contributed by atoms with Crippen molar-refractivity contribution < 1.29 is 9.53 Å². The number of hydrogen-bond donors (Lipinski definition) is 1. The molecule has 0 aliphatic heterocycles. The van der Waals surface area contributed by atoms with E-state index in [4.69, 9.17) is 4.74 Å². The van der Waals surface area contributed by atoms with Crippen molar-refractivity contribution in [1.82, 2.24) is 10.3 Å². The summed E-state index contributed by atoms with van der Waals surface area (Å²) in [4.78, 5) is 15.6. The van der Waals surface area contributed by atoms with Gasteiger partial charge in [-0.05, 0) is 30.9 Å². The lowest BCUT2D eigenvalue weighted by Crippen LogP contribution is -2.49. The van der Waals surface area contributed by atoms with E-state index in [2.05, 4.69) is 24.1 Å². The van der Waals surface area contributed by atoms with Crippen molar-refractivity contribution in [2.75, 3.05) is 0 Å². The number of pyridine rings is 1. The molecule has 116 valence electrons. The molecular formula is C17H26N2O2. The van der Waals surface area contributed by atoms with E-state index in [1.54, 1.807) is 6.20 Å². The molecule has 0 bridgehead atoms. The standard InChI is InChI=1S/C17H26N2O2/c1-4-15(20)6-5-13-7-8-18-17(9-13)21-16-10-14(11-16)19-12(2)3/h7-9,12,14,16,19H,4-6,10-11H2,1-3H3. The van der Waals surface area contributed by atoms with Crippen LogP contribution in [0.15, 0.2) is 18.3 Å². The van der Waals surface area contributed by atoms with Gasteiger partial charge in [-0.25, -0.2) is 4.98 Å². The van der Waals surface area contributed by atoms with E-state index < -0.39 is 0 Å². The van der Waals surface area contributed by atoms with Gasteiger partial charge >= 0.3 is 0 Å².